The number of halogens is 3. The Bertz CT molecular complexity index is 1900. The number of benzene rings is 3. The quantitative estimate of drug-likeness (QED) is 0.119. The summed E-state index contributed by atoms with van der Waals surface area (Å²) in [7, 11) is -3.52. The second-order valence-corrected chi connectivity index (χ2v) is 13.8. The number of carbonyl (C=O) groups is 2. The summed E-state index contributed by atoms with van der Waals surface area (Å²) in [5.41, 5.74) is 7.91. The average Bonchev–Trinajstić information content (AvgIpc) is 3.03. The van der Waals surface area contributed by atoms with E-state index in [9.17, 15) is 26.4 Å². The van der Waals surface area contributed by atoms with Gasteiger partial charge in [0.15, 0.2) is 21.3 Å². The van der Waals surface area contributed by atoms with Crippen molar-refractivity contribution in [3.63, 3.8) is 0 Å². The molecule has 1 amide bonds. The van der Waals surface area contributed by atoms with Gasteiger partial charge in [-0.3, -0.25) is 4.79 Å². The molecule has 0 aliphatic carbocycles. The molecule has 15 heteroatoms. The van der Waals surface area contributed by atoms with Gasteiger partial charge in [-0.1, -0.05) is 38.1 Å². The Labute approximate surface area is 288 Å². The van der Waals surface area contributed by atoms with Crippen LogP contribution in [0.1, 0.15) is 51.8 Å². The van der Waals surface area contributed by atoms with Gasteiger partial charge in [0.25, 0.3) is 0 Å². The molecule has 5 N–H and O–H groups in total. The van der Waals surface area contributed by atoms with Gasteiger partial charge in [0.1, 0.15) is 11.9 Å². The molecule has 11 nitrogen and oxygen atoms in total. The fourth-order valence-electron chi connectivity index (χ4n) is 4.85. The van der Waals surface area contributed by atoms with Crippen LogP contribution in [-0.4, -0.2) is 55.0 Å². The molecule has 0 saturated heterocycles. The number of alkyl halides is 3. The van der Waals surface area contributed by atoms with E-state index in [0.717, 1.165) is 10.8 Å². The Morgan fingerprint density at radius 1 is 0.980 bits per heavy atom. The van der Waals surface area contributed by atoms with E-state index in [1.807, 2.05) is 65.0 Å². The van der Waals surface area contributed by atoms with Crippen LogP contribution in [-0.2, 0) is 26.0 Å². The number of nitrogens with two attached hydrogens (primary N) is 1. The lowest BCUT2D eigenvalue weighted by molar-refractivity contribution is -0.192. The van der Waals surface area contributed by atoms with E-state index in [0.29, 0.717) is 40.7 Å². The van der Waals surface area contributed by atoms with Gasteiger partial charge >= 0.3 is 12.1 Å². The highest BCUT2D eigenvalue weighted by atomic mass is 32.2. The summed E-state index contributed by atoms with van der Waals surface area (Å²) in [4.78, 5) is 27.2. The zero-order valence-electron chi connectivity index (χ0n) is 28.2. The number of fused-ring (bicyclic) bond motifs is 1. The maximum Gasteiger partial charge on any atom is 0.490 e. The van der Waals surface area contributed by atoms with Crippen molar-refractivity contribution in [3.8, 4) is 11.5 Å². The predicted molar refractivity (Wildman–Crippen MR) is 185 cm³/mol. The first kappa shape index (κ1) is 39.4. The van der Waals surface area contributed by atoms with Crippen LogP contribution < -0.4 is 25.8 Å². The number of carboxylic acid groups (broad SMARTS) is 1. The molecule has 0 bridgehead atoms. The SMILES string of the molecule is CCOc1cc(C(Nc2ccc3c(N)nccc3c2)C(=O)NCc2ccccc2S(=O)(=O)CC(C)C)ccc1OC(C)C.O=C(O)C(F)(F)F. The zero-order valence-corrected chi connectivity index (χ0v) is 29.1. The van der Waals surface area contributed by atoms with Crippen LogP contribution in [0.3, 0.4) is 0 Å². The number of sulfone groups is 1. The molecule has 50 heavy (non-hydrogen) atoms. The fraction of sp³-hybridized carbons (Fsp3) is 0.343. The summed E-state index contributed by atoms with van der Waals surface area (Å²) in [5, 5.41) is 15.1. The summed E-state index contributed by atoms with van der Waals surface area (Å²) in [6.45, 7) is 9.94. The number of rotatable bonds is 13. The lowest BCUT2D eigenvalue weighted by Crippen LogP contribution is -2.33. The van der Waals surface area contributed by atoms with Crippen molar-refractivity contribution < 1.29 is 45.8 Å². The number of aromatic nitrogens is 1. The van der Waals surface area contributed by atoms with Crippen molar-refractivity contribution in [3.05, 3.63) is 84.1 Å². The van der Waals surface area contributed by atoms with Crippen LogP contribution in [0.4, 0.5) is 24.7 Å². The molecule has 1 heterocycles. The second kappa shape index (κ2) is 17.1. The van der Waals surface area contributed by atoms with E-state index in [1.165, 1.54) is 0 Å². The Morgan fingerprint density at radius 3 is 2.28 bits per heavy atom. The van der Waals surface area contributed by atoms with E-state index < -0.39 is 28.0 Å². The minimum atomic E-state index is -5.08. The third-order valence-electron chi connectivity index (χ3n) is 6.89. The van der Waals surface area contributed by atoms with E-state index >= 15 is 0 Å². The van der Waals surface area contributed by atoms with Crippen LogP contribution in [0.15, 0.2) is 77.8 Å². The van der Waals surface area contributed by atoms with E-state index in [1.54, 1.807) is 42.6 Å². The summed E-state index contributed by atoms with van der Waals surface area (Å²) in [6.07, 6.45) is -3.51. The van der Waals surface area contributed by atoms with Crippen molar-refractivity contribution in [2.24, 2.45) is 5.92 Å². The summed E-state index contributed by atoms with van der Waals surface area (Å²) >= 11 is 0. The molecule has 1 unspecified atom stereocenters. The molecule has 0 saturated carbocycles. The number of aliphatic carboxylic acids is 1. The number of amides is 1. The third-order valence-corrected chi connectivity index (χ3v) is 9.06. The van der Waals surface area contributed by atoms with E-state index in [4.69, 9.17) is 25.1 Å². The number of ether oxygens (including phenoxy) is 2. The van der Waals surface area contributed by atoms with Crippen LogP contribution in [0.5, 0.6) is 11.5 Å². The van der Waals surface area contributed by atoms with Crippen molar-refractivity contribution in [2.75, 3.05) is 23.4 Å². The first-order valence-corrected chi connectivity index (χ1v) is 17.3. The highest BCUT2D eigenvalue weighted by Gasteiger charge is 2.38. The first-order chi connectivity index (χ1) is 23.4. The molecule has 1 aromatic heterocycles. The molecular formula is C35H41F3N4O7S. The lowest BCUT2D eigenvalue weighted by atomic mass is 10.0. The molecule has 4 aromatic rings. The summed E-state index contributed by atoms with van der Waals surface area (Å²) in [6, 6.07) is 18.8. The van der Waals surface area contributed by atoms with Gasteiger partial charge in [0, 0.05) is 23.8 Å². The van der Waals surface area contributed by atoms with Crippen molar-refractivity contribution >= 4 is 44.0 Å². The van der Waals surface area contributed by atoms with Crippen LogP contribution in [0.2, 0.25) is 0 Å². The number of nitrogens with one attached hydrogen (secondary N) is 2. The molecule has 0 spiro atoms. The molecule has 0 aliphatic rings. The zero-order chi connectivity index (χ0) is 37.2. The largest absolute Gasteiger partial charge is 0.490 e. The monoisotopic (exact) mass is 718 g/mol. The average molecular weight is 719 g/mol. The molecule has 0 aliphatic heterocycles. The highest BCUT2D eigenvalue weighted by molar-refractivity contribution is 7.91. The van der Waals surface area contributed by atoms with Gasteiger partial charge in [0.2, 0.25) is 5.91 Å². The van der Waals surface area contributed by atoms with Gasteiger partial charge in [0.05, 0.1) is 23.4 Å². The first-order valence-electron chi connectivity index (χ1n) is 15.7. The topological polar surface area (TPSA) is 170 Å². The van der Waals surface area contributed by atoms with Gasteiger partial charge in [-0.15, -0.1) is 0 Å². The van der Waals surface area contributed by atoms with Crippen LogP contribution in [0.25, 0.3) is 10.8 Å². The molecular weight excluding hydrogens is 677 g/mol. The molecule has 270 valence electrons. The van der Waals surface area contributed by atoms with E-state index in [2.05, 4.69) is 15.6 Å². The standard InChI is InChI=1S/C33H40N4O5S.C2HF3O2/c1-6-41-29-18-24(11-14-28(29)42-22(4)5)31(37-26-12-13-27-23(17-26)15-16-35-32(27)34)33(38)36-19-25-9-7-8-10-30(25)43(39,40)20-21(2)3;3-2(4,5)1(6)7/h7-18,21-22,31,37H,6,19-20H2,1-5H3,(H2,34,35)(H,36,38);(H,6,7). The predicted octanol–water partition coefficient (Wildman–Crippen LogP) is 6.54. The molecule has 1 atom stereocenters. The normalized spacial score (nSPS) is 12.2. The number of hydrogen-bond acceptors (Lipinski definition) is 9. The molecule has 0 radical (unpaired) electrons. The lowest BCUT2D eigenvalue weighted by Gasteiger charge is -2.23. The fourth-order valence-corrected chi connectivity index (χ4v) is 6.73. The maximum atomic E-state index is 13.9. The van der Waals surface area contributed by atoms with Gasteiger partial charge in [-0.05, 0) is 85.7 Å². The third kappa shape index (κ3) is 11.0. The molecule has 0 fully saturated rings. The Balaban J connectivity index is 0.000000872. The number of hydrogen-bond donors (Lipinski definition) is 4. The molecule has 4 rings (SSSR count). The second-order valence-electron chi connectivity index (χ2n) is 11.8. The Hall–Kier alpha value is -5.05. The number of nitrogens with zero attached hydrogens (tertiary/aromatic N) is 1. The minimum absolute atomic E-state index is 0.0230. The van der Waals surface area contributed by atoms with Crippen molar-refractivity contribution in [2.45, 2.75) is 64.4 Å². The number of nitrogen functional groups attached to an aromatic ring is 1. The number of carboxylic acids is 1. The van der Waals surface area contributed by atoms with E-state index in [-0.39, 0.29) is 35.1 Å². The van der Waals surface area contributed by atoms with Gasteiger partial charge in [-0.25, -0.2) is 18.2 Å². The van der Waals surface area contributed by atoms with Gasteiger partial charge in [-0.2, -0.15) is 13.2 Å². The van der Waals surface area contributed by atoms with Crippen molar-refractivity contribution in [1.29, 1.82) is 0 Å². The molecule has 3 aromatic carbocycles. The smallest absolute Gasteiger partial charge is 0.490 e. The maximum absolute atomic E-state index is 13.9. The number of anilines is 2. The number of carbonyl (C=O) groups excluding carboxylic acids is 1. The van der Waals surface area contributed by atoms with Crippen LogP contribution >= 0.6 is 0 Å². The minimum Gasteiger partial charge on any atom is -0.490 e. The number of pyridine rings is 1. The Kier molecular flexibility index (Phi) is 13.4. The summed E-state index contributed by atoms with van der Waals surface area (Å²) < 4.78 is 69.7. The van der Waals surface area contributed by atoms with Gasteiger partial charge < -0.3 is 30.9 Å². The Morgan fingerprint density at radius 2 is 1.66 bits per heavy atom. The highest BCUT2D eigenvalue weighted by Crippen LogP contribution is 2.34. The van der Waals surface area contributed by atoms with Crippen molar-refractivity contribution in [1.82, 2.24) is 10.3 Å². The van der Waals surface area contributed by atoms with Crippen LogP contribution in [0, 0.1) is 5.92 Å². The summed E-state index contributed by atoms with van der Waals surface area (Å²) in [5.74, 6) is -1.58.